The molecule has 0 radical (unpaired) electrons. The molecule has 1 N–H and O–H groups in total. The second-order valence-corrected chi connectivity index (χ2v) is 5.54. The number of pyridine rings is 1. The SMILES string of the molecule is CCC1(CNc2cc(C)nc3ccccc23)CC1. The van der Waals surface area contributed by atoms with E-state index >= 15 is 0 Å². The van der Waals surface area contributed by atoms with Gasteiger partial charge in [0.1, 0.15) is 0 Å². The van der Waals surface area contributed by atoms with Crippen molar-refractivity contribution in [2.45, 2.75) is 33.1 Å². The number of fused-ring (bicyclic) bond motifs is 1. The molecule has 2 aromatic rings. The zero-order valence-corrected chi connectivity index (χ0v) is 11.2. The van der Waals surface area contributed by atoms with Crippen LogP contribution in [0.2, 0.25) is 0 Å². The molecule has 2 heteroatoms. The fourth-order valence-electron chi connectivity index (χ4n) is 2.57. The van der Waals surface area contributed by atoms with Crippen molar-refractivity contribution in [3.8, 4) is 0 Å². The molecule has 94 valence electrons. The monoisotopic (exact) mass is 240 g/mol. The Morgan fingerprint density at radius 3 is 2.78 bits per heavy atom. The summed E-state index contributed by atoms with van der Waals surface area (Å²) in [7, 11) is 0. The summed E-state index contributed by atoms with van der Waals surface area (Å²) in [5, 5.41) is 4.87. The van der Waals surface area contributed by atoms with Gasteiger partial charge >= 0.3 is 0 Å². The molecule has 3 rings (SSSR count). The Kier molecular flexibility index (Phi) is 2.73. The molecule has 1 aliphatic carbocycles. The van der Waals surface area contributed by atoms with Crippen LogP contribution in [0.4, 0.5) is 5.69 Å². The molecular weight excluding hydrogens is 220 g/mol. The molecule has 1 saturated carbocycles. The molecule has 0 amide bonds. The van der Waals surface area contributed by atoms with Gasteiger partial charge in [0.25, 0.3) is 0 Å². The Balaban J connectivity index is 1.91. The zero-order valence-electron chi connectivity index (χ0n) is 11.2. The van der Waals surface area contributed by atoms with Gasteiger partial charge in [-0.2, -0.15) is 0 Å². The Bertz CT molecular complexity index is 570. The molecule has 1 aliphatic rings. The molecule has 0 spiro atoms. The van der Waals surface area contributed by atoms with Crippen molar-refractivity contribution in [3.63, 3.8) is 0 Å². The minimum absolute atomic E-state index is 0.568. The number of anilines is 1. The largest absolute Gasteiger partial charge is 0.384 e. The van der Waals surface area contributed by atoms with E-state index < -0.39 is 0 Å². The first-order valence-corrected chi connectivity index (χ1v) is 6.83. The number of rotatable bonds is 4. The number of para-hydroxylation sites is 1. The summed E-state index contributed by atoms with van der Waals surface area (Å²) < 4.78 is 0. The van der Waals surface area contributed by atoms with Gasteiger partial charge < -0.3 is 5.32 Å². The maximum absolute atomic E-state index is 4.58. The number of aromatic nitrogens is 1. The van der Waals surface area contributed by atoms with Crippen LogP contribution in [0.25, 0.3) is 10.9 Å². The molecule has 0 atom stereocenters. The van der Waals surface area contributed by atoms with Crippen molar-refractivity contribution < 1.29 is 0 Å². The molecular formula is C16H20N2. The van der Waals surface area contributed by atoms with Gasteiger partial charge in [0, 0.05) is 23.3 Å². The van der Waals surface area contributed by atoms with E-state index in [9.17, 15) is 0 Å². The average Bonchev–Trinajstić information content (AvgIpc) is 3.16. The van der Waals surface area contributed by atoms with Crippen molar-refractivity contribution >= 4 is 16.6 Å². The normalized spacial score (nSPS) is 16.8. The Hall–Kier alpha value is -1.57. The van der Waals surface area contributed by atoms with E-state index in [1.54, 1.807) is 0 Å². The lowest BCUT2D eigenvalue weighted by atomic mass is 10.0. The van der Waals surface area contributed by atoms with Crippen LogP contribution < -0.4 is 5.32 Å². The highest BCUT2D eigenvalue weighted by molar-refractivity contribution is 5.91. The van der Waals surface area contributed by atoms with E-state index in [1.807, 2.05) is 6.07 Å². The summed E-state index contributed by atoms with van der Waals surface area (Å²) in [6, 6.07) is 10.5. The van der Waals surface area contributed by atoms with Crippen LogP contribution in [0.15, 0.2) is 30.3 Å². The Morgan fingerprint density at radius 2 is 2.06 bits per heavy atom. The number of hydrogen-bond acceptors (Lipinski definition) is 2. The number of aryl methyl sites for hydroxylation is 1. The third-order valence-electron chi connectivity index (χ3n) is 4.21. The van der Waals surface area contributed by atoms with E-state index in [0.717, 1.165) is 17.8 Å². The highest BCUT2D eigenvalue weighted by Gasteiger charge is 2.40. The van der Waals surface area contributed by atoms with Crippen LogP contribution in [0, 0.1) is 12.3 Å². The first kappa shape index (κ1) is 11.5. The highest BCUT2D eigenvalue weighted by atomic mass is 14.9. The van der Waals surface area contributed by atoms with Gasteiger partial charge in [-0.1, -0.05) is 25.1 Å². The fourth-order valence-corrected chi connectivity index (χ4v) is 2.57. The topological polar surface area (TPSA) is 24.9 Å². The van der Waals surface area contributed by atoms with Crippen LogP contribution in [-0.2, 0) is 0 Å². The fraction of sp³-hybridized carbons (Fsp3) is 0.438. The average molecular weight is 240 g/mol. The maximum Gasteiger partial charge on any atom is 0.0725 e. The van der Waals surface area contributed by atoms with Crippen LogP contribution in [0.1, 0.15) is 31.9 Å². The summed E-state index contributed by atoms with van der Waals surface area (Å²) in [5.74, 6) is 0. The van der Waals surface area contributed by atoms with Gasteiger partial charge in [-0.05, 0) is 43.7 Å². The second kappa shape index (κ2) is 4.27. The summed E-state index contributed by atoms with van der Waals surface area (Å²) in [6.45, 7) is 5.45. The number of nitrogens with zero attached hydrogens (tertiary/aromatic N) is 1. The first-order chi connectivity index (χ1) is 8.72. The van der Waals surface area contributed by atoms with Crippen molar-refractivity contribution in [2.24, 2.45) is 5.41 Å². The van der Waals surface area contributed by atoms with Crippen molar-refractivity contribution in [1.82, 2.24) is 4.98 Å². The molecule has 2 nitrogen and oxygen atoms in total. The van der Waals surface area contributed by atoms with E-state index in [4.69, 9.17) is 0 Å². The molecule has 18 heavy (non-hydrogen) atoms. The van der Waals surface area contributed by atoms with E-state index in [-0.39, 0.29) is 0 Å². The quantitative estimate of drug-likeness (QED) is 0.868. The number of hydrogen-bond donors (Lipinski definition) is 1. The molecule has 1 fully saturated rings. The predicted molar refractivity (Wildman–Crippen MR) is 76.9 cm³/mol. The lowest BCUT2D eigenvalue weighted by Gasteiger charge is -2.16. The summed E-state index contributed by atoms with van der Waals surface area (Å²) in [4.78, 5) is 4.58. The Labute approximate surface area is 108 Å². The molecule has 1 aromatic carbocycles. The third kappa shape index (κ3) is 2.07. The van der Waals surface area contributed by atoms with Crippen molar-refractivity contribution in [2.75, 3.05) is 11.9 Å². The molecule has 0 aliphatic heterocycles. The Morgan fingerprint density at radius 1 is 1.28 bits per heavy atom. The lowest BCUT2D eigenvalue weighted by Crippen LogP contribution is -2.14. The maximum atomic E-state index is 4.58. The van der Waals surface area contributed by atoms with Gasteiger partial charge in [-0.25, -0.2) is 0 Å². The summed E-state index contributed by atoms with van der Waals surface area (Å²) in [5.41, 5.74) is 3.97. The van der Waals surface area contributed by atoms with Crippen LogP contribution in [0.5, 0.6) is 0 Å². The first-order valence-electron chi connectivity index (χ1n) is 6.83. The third-order valence-corrected chi connectivity index (χ3v) is 4.21. The minimum atomic E-state index is 0.568. The van der Waals surface area contributed by atoms with Crippen molar-refractivity contribution in [1.29, 1.82) is 0 Å². The molecule has 0 unspecified atom stereocenters. The number of nitrogens with one attached hydrogen (secondary N) is 1. The lowest BCUT2D eigenvalue weighted by molar-refractivity contribution is 0.521. The van der Waals surface area contributed by atoms with Crippen LogP contribution in [0.3, 0.4) is 0 Å². The van der Waals surface area contributed by atoms with Gasteiger partial charge in [0.15, 0.2) is 0 Å². The van der Waals surface area contributed by atoms with E-state index in [1.165, 1.54) is 30.3 Å². The highest BCUT2D eigenvalue weighted by Crippen LogP contribution is 2.48. The molecule has 1 heterocycles. The number of benzene rings is 1. The van der Waals surface area contributed by atoms with Gasteiger partial charge in [-0.15, -0.1) is 0 Å². The second-order valence-electron chi connectivity index (χ2n) is 5.54. The molecule has 0 saturated heterocycles. The van der Waals surface area contributed by atoms with E-state index in [0.29, 0.717) is 5.41 Å². The summed E-state index contributed by atoms with van der Waals surface area (Å²) in [6.07, 6.45) is 4.03. The van der Waals surface area contributed by atoms with Gasteiger partial charge in [0.2, 0.25) is 0 Å². The van der Waals surface area contributed by atoms with Crippen molar-refractivity contribution in [3.05, 3.63) is 36.0 Å². The minimum Gasteiger partial charge on any atom is -0.384 e. The van der Waals surface area contributed by atoms with Gasteiger partial charge in [-0.3, -0.25) is 4.98 Å². The molecule has 0 bridgehead atoms. The smallest absolute Gasteiger partial charge is 0.0725 e. The van der Waals surface area contributed by atoms with Gasteiger partial charge in [0.05, 0.1) is 5.52 Å². The standard InChI is InChI=1S/C16H20N2/c1-3-16(8-9-16)11-17-15-10-12(2)18-14-7-5-4-6-13(14)15/h4-7,10H,3,8-9,11H2,1-2H3,(H,17,18). The van der Waals surface area contributed by atoms with Crippen LogP contribution >= 0.6 is 0 Å². The summed E-state index contributed by atoms with van der Waals surface area (Å²) >= 11 is 0. The van der Waals surface area contributed by atoms with Crippen LogP contribution in [-0.4, -0.2) is 11.5 Å². The van der Waals surface area contributed by atoms with E-state index in [2.05, 4.69) is 48.4 Å². The predicted octanol–water partition coefficient (Wildman–Crippen LogP) is 4.15. The molecule has 1 aromatic heterocycles. The zero-order chi connectivity index (χ0) is 12.6.